The maximum atomic E-state index is 14.1. The molecule has 0 atom stereocenters. The topological polar surface area (TPSA) is 108 Å². The number of para-hydroxylation sites is 1. The quantitative estimate of drug-likeness (QED) is 0.596. The summed E-state index contributed by atoms with van der Waals surface area (Å²) >= 11 is 0. The first kappa shape index (κ1) is 22.9. The van der Waals surface area contributed by atoms with E-state index in [1.165, 1.54) is 7.05 Å². The highest BCUT2D eigenvalue weighted by Gasteiger charge is 2.24. The van der Waals surface area contributed by atoms with Crippen molar-refractivity contribution in [3.05, 3.63) is 59.9 Å². The summed E-state index contributed by atoms with van der Waals surface area (Å²) in [5.74, 6) is -1.56. The molecular formula is C21H25FN4O4S. The van der Waals surface area contributed by atoms with Gasteiger partial charge in [0, 0.05) is 24.8 Å². The number of benzene rings is 2. The van der Waals surface area contributed by atoms with Crippen molar-refractivity contribution in [3.63, 3.8) is 0 Å². The van der Waals surface area contributed by atoms with Gasteiger partial charge in [-0.25, -0.2) is 17.5 Å². The molecule has 1 saturated heterocycles. The number of sulfonamides is 1. The predicted molar refractivity (Wildman–Crippen MR) is 115 cm³/mol. The predicted octanol–water partition coefficient (Wildman–Crippen LogP) is 1.57. The van der Waals surface area contributed by atoms with Gasteiger partial charge in [-0.15, -0.1) is 0 Å². The van der Waals surface area contributed by atoms with Crippen molar-refractivity contribution in [2.75, 3.05) is 32.0 Å². The molecule has 166 valence electrons. The minimum Gasteiger partial charge on any atom is -0.349 e. The molecule has 10 heteroatoms. The zero-order valence-electron chi connectivity index (χ0n) is 17.1. The molecule has 0 spiro atoms. The molecule has 0 aromatic heterocycles. The van der Waals surface area contributed by atoms with E-state index < -0.39 is 21.7 Å². The van der Waals surface area contributed by atoms with Crippen molar-refractivity contribution in [1.82, 2.24) is 14.9 Å². The highest BCUT2D eigenvalue weighted by Crippen LogP contribution is 2.17. The number of hydrogen-bond donors (Lipinski definition) is 3. The first-order chi connectivity index (χ1) is 14.8. The fraction of sp³-hybridized carbons (Fsp3) is 0.333. The van der Waals surface area contributed by atoms with Crippen molar-refractivity contribution in [3.8, 4) is 0 Å². The summed E-state index contributed by atoms with van der Waals surface area (Å²) in [6, 6.07) is 12.1. The molecule has 1 aliphatic heterocycles. The van der Waals surface area contributed by atoms with Crippen LogP contribution in [0.4, 0.5) is 10.1 Å². The summed E-state index contributed by atoms with van der Waals surface area (Å²) in [6.07, 6.45) is 1.20. The van der Waals surface area contributed by atoms with Crippen LogP contribution in [0.5, 0.6) is 0 Å². The van der Waals surface area contributed by atoms with Crippen LogP contribution in [0.1, 0.15) is 23.2 Å². The third-order valence-corrected chi connectivity index (χ3v) is 6.52. The zero-order chi connectivity index (χ0) is 22.4. The number of hydrogen-bond acceptors (Lipinski definition) is 5. The van der Waals surface area contributed by atoms with Gasteiger partial charge in [-0.05, 0) is 50.2 Å². The van der Waals surface area contributed by atoms with Gasteiger partial charge < -0.3 is 10.6 Å². The maximum Gasteiger partial charge on any atom is 0.254 e. The highest BCUT2D eigenvalue weighted by atomic mass is 32.2. The molecule has 2 aromatic carbocycles. The third-order valence-electron chi connectivity index (χ3n) is 5.11. The van der Waals surface area contributed by atoms with Crippen molar-refractivity contribution < 1.29 is 22.4 Å². The molecule has 8 nitrogen and oxygen atoms in total. The standard InChI is InChI=1S/C21H25FN4O4S/c1-23-31(29,30)17-7-8-19(22)18(13-17)21(28)25-16-9-11-26(12-10-16)14-20(27)24-15-5-3-2-4-6-15/h2-8,13,16,23H,9-12,14H2,1H3,(H,24,27)(H,25,28). The van der Waals surface area contributed by atoms with Crippen LogP contribution in [-0.4, -0.2) is 57.9 Å². The molecule has 2 aromatic rings. The van der Waals surface area contributed by atoms with Gasteiger partial charge >= 0.3 is 0 Å². The van der Waals surface area contributed by atoms with Crippen molar-refractivity contribution in [1.29, 1.82) is 0 Å². The van der Waals surface area contributed by atoms with Crippen molar-refractivity contribution in [2.24, 2.45) is 0 Å². The van der Waals surface area contributed by atoms with Gasteiger partial charge in [-0.3, -0.25) is 14.5 Å². The average molecular weight is 449 g/mol. The Morgan fingerprint density at radius 1 is 1.10 bits per heavy atom. The van der Waals surface area contributed by atoms with Crippen molar-refractivity contribution >= 4 is 27.5 Å². The second-order valence-electron chi connectivity index (χ2n) is 7.29. The number of nitrogens with zero attached hydrogens (tertiary/aromatic N) is 1. The van der Waals surface area contributed by atoms with Gasteiger partial charge in [0.25, 0.3) is 5.91 Å². The molecular weight excluding hydrogens is 423 g/mol. The molecule has 0 bridgehead atoms. The van der Waals surface area contributed by atoms with Crippen LogP contribution in [0, 0.1) is 5.82 Å². The lowest BCUT2D eigenvalue weighted by atomic mass is 10.0. The normalized spacial score (nSPS) is 15.4. The van der Waals surface area contributed by atoms with E-state index >= 15 is 0 Å². The summed E-state index contributed by atoms with van der Waals surface area (Å²) in [4.78, 5) is 26.5. The van der Waals surface area contributed by atoms with E-state index in [4.69, 9.17) is 0 Å². The summed E-state index contributed by atoms with van der Waals surface area (Å²) in [7, 11) is -2.54. The smallest absolute Gasteiger partial charge is 0.254 e. The largest absolute Gasteiger partial charge is 0.349 e. The minimum absolute atomic E-state index is 0.113. The number of carbonyl (C=O) groups is 2. The lowest BCUT2D eigenvalue weighted by molar-refractivity contribution is -0.117. The monoisotopic (exact) mass is 448 g/mol. The van der Waals surface area contributed by atoms with E-state index in [9.17, 15) is 22.4 Å². The molecule has 0 saturated carbocycles. The molecule has 1 fully saturated rings. The molecule has 31 heavy (non-hydrogen) atoms. The molecule has 1 heterocycles. The van der Waals surface area contributed by atoms with E-state index in [0.29, 0.717) is 25.9 Å². The number of likely N-dealkylation sites (tertiary alicyclic amines) is 1. The zero-order valence-corrected chi connectivity index (χ0v) is 17.9. The van der Waals surface area contributed by atoms with Crippen LogP contribution in [0.15, 0.2) is 53.4 Å². The van der Waals surface area contributed by atoms with Gasteiger partial charge in [0.15, 0.2) is 0 Å². The van der Waals surface area contributed by atoms with Gasteiger partial charge in [-0.2, -0.15) is 0 Å². The Morgan fingerprint density at radius 3 is 2.42 bits per heavy atom. The fourth-order valence-electron chi connectivity index (χ4n) is 3.39. The van der Waals surface area contributed by atoms with E-state index in [2.05, 4.69) is 15.4 Å². The van der Waals surface area contributed by atoms with Gasteiger partial charge in [0.1, 0.15) is 5.82 Å². The number of amides is 2. The molecule has 1 aliphatic rings. The number of piperidine rings is 1. The Morgan fingerprint density at radius 2 is 1.77 bits per heavy atom. The van der Waals surface area contributed by atoms with Crippen LogP contribution >= 0.6 is 0 Å². The summed E-state index contributed by atoms with van der Waals surface area (Å²) in [5, 5.41) is 5.60. The Balaban J connectivity index is 1.52. The third kappa shape index (κ3) is 6.09. The van der Waals surface area contributed by atoms with Gasteiger partial charge in [-0.1, -0.05) is 18.2 Å². The summed E-state index contributed by atoms with van der Waals surface area (Å²) in [6.45, 7) is 1.45. The van der Waals surface area contributed by atoms with Crippen LogP contribution in [-0.2, 0) is 14.8 Å². The highest BCUT2D eigenvalue weighted by molar-refractivity contribution is 7.89. The van der Waals surface area contributed by atoms with Crippen LogP contribution in [0.25, 0.3) is 0 Å². The van der Waals surface area contributed by atoms with Crippen molar-refractivity contribution in [2.45, 2.75) is 23.8 Å². The Hall–Kier alpha value is -2.82. The molecule has 0 radical (unpaired) electrons. The molecule has 0 aliphatic carbocycles. The van der Waals surface area contributed by atoms with Crippen LogP contribution < -0.4 is 15.4 Å². The Labute approximate surface area is 180 Å². The fourth-order valence-corrected chi connectivity index (χ4v) is 4.14. The number of anilines is 1. The van der Waals surface area contributed by atoms with Gasteiger partial charge in [0.05, 0.1) is 17.0 Å². The SMILES string of the molecule is CNS(=O)(=O)c1ccc(F)c(C(=O)NC2CCN(CC(=O)Nc3ccccc3)CC2)c1. The second-order valence-corrected chi connectivity index (χ2v) is 9.17. The van der Waals surface area contributed by atoms with Crippen LogP contribution in [0.2, 0.25) is 0 Å². The maximum absolute atomic E-state index is 14.1. The minimum atomic E-state index is -3.79. The van der Waals surface area contributed by atoms with E-state index in [-0.39, 0.29) is 29.0 Å². The number of carbonyl (C=O) groups excluding carboxylic acids is 2. The Kier molecular flexibility index (Phi) is 7.37. The van der Waals surface area contributed by atoms with Gasteiger partial charge in [0.2, 0.25) is 15.9 Å². The molecule has 3 rings (SSSR count). The van der Waals surface area contributed by atoms with E-state index in [1.807, 2.05) is 35.2 Å². The number of rotatable bonds is 7. The lowest BCUT2D eigenvalue weighted by Crippen LogP contribution is -2.46. The summed E-state index contributed by atoms with van der Waals surface area (Å²) in [5.41, 5.74) is 0.417. The number of nitrogens with one attached hydrogen (secondary N) is 3. The molecule has 0 unspecified atom stereocenters. The summed E-state index contributed by atoms with van der Waals surface area (Å²) < 4.78 is 40.1. The molecule has 3 N–H and O–H groups in total. The van der Waals surface area contributed by atoms with E-state index in [1.54, 1.807) is 0 Å². The first-order valence-corrected chi connectivity index (χ1v) is 11.4. The second kappa shape index (κ2) is 9.99. The lowest BCUT2D eigenvalue weighted by Gasteiger charge is -2.31. The van der Waals surface area contributed by atoms with E-state index in [0.717, 1.165) is 23.9 Å². The number of halogens is 1. The Bertz CT molecular complexity index is 1040. The average Bonchev–Trinajstić information content (AvgIpc) is 2.76. The molecule has 2 amide bonds. The first-order valence-electron chi connectivity index (χ1n) is 9.89. The van der Waals surface area contributed by atoms with Crippen LogP contribution in [0.3, 0.4) is 0 Å².